The Morgan fingerprint density at radius 2 is 1.58 bits per heavy atom. The van der Waals surface area contributed by atoms with Gasteiger partial charge in [0.25, 0.3) is 0 Å². The number of rotatable bonds is 10. The molecule has 0 aromatic heterocycles. The maximum Gasteiger partial charge on any atom is 0.312 e. The molecule has 4 aromatic carbocycles. The molecular formula is C38H34O10. The van der Waals surface area contributed by atoms with Crippen LogP contribution in [0.2, 0.25) is 0 Å². The number of Topliss-reactive ketones (excluding diaryl/α,β-unsaturated/α-hetero) is 1. The molecule has 0 saturated heterocycles. The molecule has 0 amide bonds. The third-order valence-electron chi connectivity index (χ3n) is 8.80. The number of ketones is 1. The van der Waals surface area contributed by atoms with E-state index in [1.54, 1.807) is 37.5 Å². The highest BCUT2D eigenvalue weighted by Gasteiger charge is 2.40. The van der Waals surface area contributed by atoms with Gasteiger partial charge in [-0.25, -0.2) is 0 Å². The van der Waals surface area contributed by atoms with Crippen molar-refractivity contribution < 1.29 is 47.5 Å². The summed E-state index contributed by atoms with van der Waals surface area (Å²) in [5.74, 6) is 2.86. The number of fused-ring (bicyclic) bond motifs is 4. The lowest BCUT2D eigenvalue weighted by Gasteiger charge is -2.28. The Hall–Kier alpha value is -5.64. The summed E-state index contributed by atoms with van der Waals surface area (Å²) < 4.78 is 46.2. The van der Waals surface area contributed by atoms with Gasteiger partial charge in [-0.3, -0.25) is 9.59 Å². The van der Waals surface area contributed by atoms with E-state index >= 15 is 0 Å². The molecule has 10 nitrogen and oxygen atoms in total. The molecule has 10 heteroatoms. The van der Waals surface area contributed by atoms with Gasteiger partial charge in [0, 0.05) is 41.5 Å². The van der Waals surface area contributed by atoms with E-state index < -0.39 is 11.9 Å². The number of para-hydroxylation sites is 1. The maximum absolute atomic E-state index is 13.7. The molecule has 0 radical (unpaired) electrons. The molecule has 3 heterocycles. The Kier molecular flexibility index (Phi) is 8.31. The van der Waals surface area contributed by atoms with Crippen molar-refractivity contribution in [3.8, 4) is 46.0 Å². The zero-order chi connectivity index (χ0) is 33.4. The Balaban J connectivity index is 1.24. The third-order valence-corrected chi connectivity index (χ3v) is 8.80. The lowest BCUT2D eigenvalue weighted by atomic mass is 9.84. The molecule has 1 atom stereocenters. The average molecular weight is 651 g/mol. The minimum absolute atomic E-state index is 0.0118. The lowest BCUT2D eigenvalue weighted by molar-refractivity contribution is -0.135. The van der Waals surface area contributed by atoms with Crippen molar-refractivity contribution in [1.29, 1.82) is 0 Å². The van der Waals surface area contributed by atoms with Gasteiger partial charge in [0.15, 0.2) is 28.8 Å². The van der Waals surface area contributed by atoms with E-state index in [0.717, 1.165) is 23.3 Å². The van der Waals surface area contributed by atoms with Crippen molar-refractivity contribution in [2.24, 2.45) is 0 Å². The van der Waals surface area contributed by atoms with Gasteiger partial charge in [0.05, 0.1) is 53.6 Å². The number of benzene rings is 4. The van der Waals surface area contributed by atoms with Crippen molar-refractivity contribution >= 4 is 17.8 Å². The first-order valence-corrected chi connectivity index (χ1v) is 15.6. The lowest BCUT2D eigenvalue weighted by Crippen LogP contribution is -2.22. The van der Waals surface area contributed by atoms with E-state index in [9.17, 15) is 9.59 Å². The Morgan fingerprint density at radius 3 is 2.38 bits per heavy atom. The smallest absolute Gasteiger partial charge is 0.312 e. The number of hydrogen-bond acceptors (Lipinski definition) is 10. The number of allylic oxidation sites excluding steroid dienone is 1. The van der Waals surface area contributed by atoms with E-state index in [-0.39, 0.29) is 18.0 Å². The summed E-state index contributed by atoms with van der Waals surface area (Å²) >= 11 is 0. The zero-order valence-electron chi connectivity index (χ0n) is 27.0. The monoisotopic (exact) mass is 650 g/mol. The molecule has 7 rings (SSSR count). The Labute approximate surface area is 277 Å². The standard InChI is InChI=1S/C38H34O10/c1-41-29-7-5-6-24(37(29)46-14-12-21-8-10-27-22(16-21)13-15-45-27)26-19-34(39)47-28-11-9-25-36(40)33(48-38(25)35(26)28)18-23-17-31(43-3)32(44-4)20-30(23)42-2/h5-11,16-18,20,26H,12-15,19H2,1-4H3/b33-18-/t26-/m0/s1. The Bertz CT molecular complexity index is 1960. The van der Waals surface area contributed by atoms with Crippen LogP contribution in [0.1, 0.15) is 50.5 Å². The second-order valence-corrected chi connectivity index (χ2v) is 11.5. The summed E-state index contributed by atoms with van der Waals surface area (Å²) in [4.78, 5) is 26.7. The van der Waals surface area contributed by atoms with E-state index in [1.165, 1.54) is 26.9 Å². The predicted molar refractivity (Wildman–Crippen MR) is 175 cm³/mol. The molecule has 0 spiro atoms. The van der Waals surface area contributed by atoms with E-state index in [2.05, 4.69) is 6.07 Å². The van der Waals surface area contributed by atoms with E-state index in [4.69, 9.17) is 37.9 Å². The zero-order valence-corrected chi connectivity index (χ0v) is 27.0. The Morgan fingerprint density at radius 1 is 0.812 bits per heavy atom. The van der Waals surface area contributed by atoms with Gasteiger partial charge in [-0.1, -0.05) is 24.3 Å². The van der Waals surface area contributed by atoms with Crippen LogP contribution < -0.4 is 37.9 Å². The van der Waals surface area contributed by atoms with Gasteiger partial charge in [-0.2, -0.15) is 0 Å². The summed E-state index contributed by atoms with van der Waals surface area (Å²) in [6.07, 6.45) is 3.17. The molecular weight excluding hydrogens is 616 g/mol. The van der Waals surface area contributed by atoms with Crippen molar-refractivity contribution in [3.63, 3.8) is 0 Å². The van der Waals surface area contributed by atoms with Gasteiger partial charge in [-0.05, 0) is 47.5 Å². The molecule has 0 fully saturated rings. The topological polar surface area (TPSA) is 108 Å². The molecule has 0 unspecified atom stereocenters. The van der Waals surface area contributed by atoms with Crippen LogP contribution in [0.15, 0.2) is 66.4 Å². The van der Waals surface area contributed by atoms with Crippen LogP contribution in [0.25, 0.3) is 6.08 Å². The summed E-state index contributed by atoms with van der Waals surface area (Å²) in [6, 6.07) is 18.4. The van der Waals surface area contributed by atoms with Gasteiger partial charge in [0.1, 0.15) is 23.0 Å². The molecule has 3 aliphatic heterocycles. The fourth-order valence-corrected chi connectivity index (χ4v) is 6.47. The first kappa shape index (κ1) is 31.0. The van der Waals surface area contributed by atoms with Crippen LogP contribution in [0.5, 0.6) is 46.0 Å². The minimum Gasteiger partial charge on any atom is -0.496 e. The van der Waals surface area contributed by atoms with Crippen LogP contribution in [-0.4, -0.2) is 53.4 Å². The summed E-state index contributed by atoms with van der Waals surface area (Å²) in [7, 11) is 6.17. The maximum atomic E-state index is 13.7. The molecule has 0 N–H and O–H groups in total. The number of carbonyl (C=O) groups is 2. The van der Waals surface area contributed by atoms with Crippen LogP contribution in [-0.2, 0) is 17.6 Å². The highest BCUT2D eigenvalue weighted by Crippen LogP contribution is 2.52. The number of hydrogen-bond donors (Lipinski definition) is 0. The first-order chi connectivity index (χ1) is 23.4. The molecule has 3 aliphatic rings. The fourth-order valence-electron chi connectivity index (χ4n) is 6.47. The molecule has 0 aliphatic carbocycles. The first-order valence-electron chi connectivity index (χ1n) is 15.6. The second-order valence-electron chi connectivity index (χ2n) is 11.5. The highest BCUT2D eigenvalue weighted by atomic mass is 16.5. The van der Waals surface area contributed by atoms with Crippen molar-refractivity contribution in [3.05, 3.63) is 99.8 Å². The van der Waals surface area contributed by atoms with Crippen LogP contribution in [0.4, 0.5) is 0 Å². The average Bonchev–Trinajstić information content (AvgIpc) is 3.71. The predicted octanol–water partition coefficient (Wildman–Crippen LogP) is 6.33. The number of esters is 1. The molecule has 48 heavy (non-hydrogen) atoms. The highest BCUT2D eigenvalue weighted by molar-refractivity contribution is 6.15. The molecule has 0 saturated carbocycles. The third kappa shape index (κ3) is 5.53. The van der Waals surface area contributed by atoms with Crippen LogP contribution in [0, 0.1) is 0 Å². The second kappa shape index (κ2) is 12.9. The van der Waals surface area contributed by atoms with E-state index in [1.807, 2.05) is 30.3 Å². The normalized spacial score (nSPS) is 16.7. The van der Waals surface area contributed by atoms with Crippen LogP contribution >= 0.6 is 0 Å². The van der Waals surface area contributed by atoms with Gasteiger partial charge < -0.3 is 37.9 Å². The molecule has 246 valence electrons. The fraction of sp³-hybridized carbons (Fsp3) is 0.263. The summed E-state index contributed by atoms with van der Waals surface area (Å²) in [5, 5.41) is 0. The van der Waals surface area contributed by atoms with Gasteiger partial charge >= 0.3 is 5.97 Å². The molecule has 0 bridgehead atoms. The largest absolute Gasteiger partial charge is 0.496 e. The quantitative estimate of drug-likeness (QED) is 0.110. The van der Waals surface area contributed by atoms with Gasteiger partial charge in [-0.15, -0.1) is 0 Å². The van der Waals surface area contributed by atoms with E-state index in [0.29, 0.717) is 76.6 Å². The SMILES string of the molecule is COc1cc(OC)c(OC)cc1/C=C1\Oc2c(ccc3c2[C@H](c2cccc(OC)c2OCCc2ccc4c(c2)CCO4)CC(=O)O3)C1=O. The minimum atomic E-state index is -0.541. The summed E-state index contributed by atoms with van der Waals surface area (Å²) in [6.45, 7) is 1.07. The van der Waals surface area contributed by atoms with Crippen LogP contribution in [0.3, 0.4) is 0 Å². The molecule has 4 aromatic rings. The van der Waals surface area contributed by atoms with Crippen molar-refractivity contribution in [2.45, 2.75) is 25.2 Å². The summed E-state index contributed by atoms with van der Waals surface area (Å²) in [5.41, 5.74) is 4.55. The van der Waals surface area contributed by atoms with Gasteiger partial charge in [0.2, 0.25) is 5.78 Å². The number of methoxy groups -OCH3 is 4. The number of carbonyl (C=O) groups excluding carboxylic acids is 2. The number of ether oxygens (including phenoxy) is 8. The van der Waals surface area contributed by atoms with Crippen molar-refractivity contribution in [2.75, 3.05) is 41.7 Å². The van der Waals surface area contributed by atoms with Crippen molar-refractivity contribution in [1.82, 2.24) is 0 Å².